The van der Waals surface area contributed by atoms with Crippen molar-refractivity contribution >= 4 is 55.3 Å². The summed E-state index contributed by atoms with van der Waals surface area (Å²) in [6.07, 6.45) is 0.365. The van der Waals surface area contributed by atoms with E-state index in [0.29, 0.717) is 17.2 Å². The summed E-state index contributed by atoms with van der Waals surface area (Å²) in [4.78, 5) is 28.8. The standard InChI is InChI=1S/C28H29Br2ClN2O3/c1-28(2,3)32-27(35)24(15-19-7-5-4-6-8-19)33(17-20-9-11-21(29)12-10-20)26(34)18-36-25-14-13-22(30)16-23(25)31/h4-14,16,24H,15,17-18H2,1-3H3,(H,32,35). The summed E-state index contributed by atoms with van der Waals surface area (Å²) in [6, 6.07) is 21.8. The maximum atomic E-state index is 13.6. The van der Waals surface area contributed by atoms with Crippen molar-refractivity contribution in [3.63, 3.8) is 0 Å². The molecule has 8 heteroatoms. The Morgan fingerprint density at radius 1 is 0.944 bits per heavy atom. The molecular formula is C28H29Br2ClN2O3. The lowest BCUT2D eigenvalue weighted by Crippen LogP contribution is -2.55. The average molecular weight is 637 g/mol. The summed E-state index contributed by atoms with van der Waals surface area (Å²) >= 11 is 13.1. The van der Waals surface area contributed by atoms with Gasteiger partial charge in [0.15, 0.2) is 6.61 Å². The van der Waals surface area contributed by atoms with Gasteiger partial charge in [0.25, 0.3) is 5.91 Å². The van der Waals surface area contributed by atoms with Gasteiger partial charge in [-0.15, -0.1) is 0 Å². The maximum Gasteiger partial charge on any atom is 0.261 e. The molecule has 1 atom stereocenters. The van der Waals surface area contributed by atoms with Crippen molar-refractivity contribution in [3.8, 4) is 5.75 Å². The zero-order valence-electron chi connectivity index (χ0n) is 20.4. The number of ether oxygens (including phenoxy) is 1. The van der Waals surface area contributed by atoms with Gasteiger partial charge in [-0.3, -0.25) is 9.59 Å². The molecule has 0 spiro atoms. The van der Waals surface area contributed by atoms with E-state index in [0.717, 1.165) is 20.1 Å². The first kappa shape index (κ1) is 28.2. The molecule has 1 unspecified atom stereocenters. The molecule has 0 bridgehead atoms. The molecule has 190 valence electrons. The predicted octanol–water partition coefficient (Wildman–Crippen LogP) is 6.80. The average Bonchev–Trinajstić information content (AvgIpc) is 2.81. The molecule has 3 rings (SSSR count). The summed E-state index contributed by atoms with van der Waals surface area (Å²) in [7, 11) is 0. The SMILES string of the molecule is CC(C)(C)NC(=O)C(Cc1ccccc1)N(Cc1ccc(Br)cc1)C(=O)COc1ccc(Br)cc1Cl. The molecule has 0 aliphatic heterocycles. The zero-order valence-corrected chi connectivity index (χ0v) is 24.4. The van der Waals surface area contributed by atoms with Gasteiger partial charge in [0, 0.05) is 27.4 Å². The topological polar surface area (TPSA) is 58.6 Å². The van der Waals surface area contributed by atoms with E-state index in [4.69, 9.17) is 16.3 Å². The summed E-state index contributed by atoms with van der Waals surface area (Å²) < 4.78 is 7.53. The Labute approximate surface area is 234 Å². The minimum Gasteiger partial charge on any atom is -0.482 e. The Balaban J connectivity index is 1.93. The van der Waals surface area contributed by atoms with Crippen molar-refractivity contribution < 1.29 is 14.3 Å². The first-order valence-electron chi connectivity index (χ1n) is 11.5. The zero-order chi connectivity index (χ0) is 26.3. The van der Waals surface area contributed by atoms with Gasteiger partial charge < -0.3 is 15.0 Å². The first-order valence-corrected chi connectivity index (χ1v) is 13.5. The number of hydrogen-bond donors (Lipinski definition) is 1. The highest BCUT2D eigenvalue weighted by Crippen LogP contribution is 2.28. The van der Waals surface area contributed by atoms with Crippen molar-refractivity contribution in [3.05, 3.63) is 97.9 Å². The molecule has 0 saturated heterocycles. The molecule has 0 fully saturated rings. The van der Waals surface area contributed by atoms with Crippen LogP contribution in [-0.4, -0.2) is 34.9 Å². The summed E-state index contributed by atoms with van der Waals surface area (Å²) in [6.45, 7) is 5.75. The third-order valence-corrected chi connectivity index (χ3v) is 6.60. The third-order valence-electron chi connectivity index (χ3n) is 5.28. The van der Waals surface area contributed by atoms with Crippen LogP contribution < -0.4 is 10.1 Å². The second kappa shape index (κ2) is 12.7. The maximum absolute atomic E-state index is 13.6. The van der Waals surface area contributed by atoms with E-state index >= 15 is 0 Å². The molecule has 0 saturated carbocycles. The van der Waals surface area contributed by atoms with Gasteiger partial charge in [-0.25, -0.2) is 0 Å². The Bertz CT molecular complexity index is 1180. The molecule has 0 aromatic heterocycles. The number of nitrogens with one attached hydrogen (secondary N) is 1. The summed E-state index contributed by atoms with van der Waals surface area (Å²) in [5.41, 5.74) is 1.40. The normalized spacial score (nSPS) is 12.1. The molecule has 5 nitrogen and oxygen atoms in total. The van der Waals surface area contributed by atoms with Crippen LogP contribution in [0, 0.1) is 0 Å². The number of benzene rings is 3. The number of rotatable bonds is 9. The van der Waals surface area contributed by atoms with Gasteiger partial charge in [0.2, 0.25) is 5.91 Å². The molecule has 1 N–H and O–H groups in total. The van der Waals surface area contributed by atoms with E-state index in [1.807, 2.05) is 75.4 Å². The van der Waals surface area contributed by atoms with E-state index in [-0.39, 0.29) is 25.0 Å². The summed E-state index contributed by atoms with van der Waals surface area (Å²) in [5, 5.41) is 3.44. The fraction of sp³-hybridized carbons (Fsp3) is 0.286. The number of hydrogen-bond acceptors (Lipinski definition) is 3. The second-order valence-corrected chi connectivity index (χ2v) is 11.7. The Kier molecular flexibility index (Phi) is 10.00. The van der Waals surface area contributed by atoms with Gasteiger partial charge in [-0.05, 0) is 62.2 Å². The Hall–Kier alpha value is -2.35. The van der Waals surface area contributed by atoms with Crippen molar-refractivity contribution in [2.24, 2.45) is 0 Å². The molecule has 36 heavy (non-hydrogen) atoms. The summed E-state index contributed by atoms with van der Waals surface area (Å²) in [5.74, 6) is -0.143. The van der Waals surface area contributed by atoms with Crippen molar-refractivity contribution in [2.45, 2.75) is 45.3 Å². The van der Waals surface area contributed by atoms with E-state index in [1.54, 1.807) is 23.1 Å². The monoisotopic (exact) mass is 634 g/mol. The van der Waals surface area contributed by atoms with E-state index < -0.39 is 11.6 Å². The number of carbonyl (C=O) groups excluding carboxylic acids is 2. The van der Waals surface area contributed by atoms with E-state index in [9.17, 15) is 9.59 Å². The predicted molar refractivity (Wildman–Crippen MR) is 151 cm³/mol. The van der Waals surface area contributed by atoms with Crippen LogP contribution in [0.1, 0.15) is 31.9 Å². The van der Waals surface area contributed by atoms with Crippen molar-refractivity contribution in [1.82, 2.24) is 10.2 Å². The van der Waals surface area contributed by atoms with Crippen LogP contribution >= 0.6 is 43.5 Å². The second-order valence-electron chi connectivity index (χ2n) is 9.46. The fourth-order valence-electron chi connectivity index (χ4n) is 3.61. The lowest BCUT2D eigenvalue weighted by molar-refractivity contribution is -0.143. The van der Waals surface area contributed by atoms with Crippen LogP contribution in [0.15, 0.2) is 81.7 Å². The van der Waals surface area contributed by atoms with E-state index in [2.05, 4.69) is 37.2 Å². The minimum atomic E-state index is -0.744. The minimum absolute atomic E-state index is 0.224. The van der Waals surface area contributed by atoms with Crippen LogP contribution in [0.25, 0.3) is 0 Å². The molecule has 3 aromatic rings. The van der Waals surface area contributed by atoms with Crippen LogP contribution in [0.5, 0.6) is 5.75 Å². The highest BCUT2D eigenvalue weighted by atomic mass is 79.9. The molecule has 3 aromatic carbocycles. The highest BCUT2D eigenvalue weighted by Gasteiger charge is 2.32. The molecule has 2 amide bonds. The molecule has 0 radical (unpaired) electrons. The highest BCUT2D eigenvalue weighted by molar-refractivity contribution is 9.10. The van der Waals surface area contributed by atoms with Crippen molar-refractivity contribution in [2.75, 3.05) is 6.61 Å². The Morgan fingerprint density at radius 2 is 1.58 bits per heavy atom. The number of halogens is 3. The lowest BCUT2D eigenvalue weighted by Gasteiger charge is -2.33. The van der Waals surface area contributed by atoms with Gasteiger partial charge in [0.1, 0.15) is 11.8 Å². The Morgan fingerprint density at radius 3 is 2.19 bits per heavy atom. The van der Waals surface area contributed by atoms with Crippen LogP contribution in [0.4, 0.5) is 0 Å². The van der Waals surface area contributed by atoms with Crippen LogP contribution in [-0.2, 0) is 22.6 Å². The number of amides is 2. The third kappa shape index (κ3) is 8.64. The molecule has 0 heterocycles. The van der Waals surface area contributed by atoms with Gasteiger partial charge >= 0.3 is 0 Å². The smallest absolute Gasteiger partial charge is 0.261 e. The fourth-order valence-corrected chi connectivity index (χ4v) is 4.60. The lowest BCUT2D eigenvalue weighted by atomic mass is 10.0. The van der Waals surface area contributed by atoms with Gasteiger partial charge in [0.05, 0.1) is 5.02 Å². The van der Waals surface area contributed by atoms with Crippen LogP contribution in [0.2, 0.25) is 5.02 Å². The van der Waals surface area contributed by atoms with Crippen molar-refractivity contribution in [1.29, 1.82) is 0 Å². The molecular weight excluding hydrogens is 608 g/mol. The van der Waals surface area contributed by atoms with E-state index in [1.165, 1.54) is 0 Å². The largest absolute Gasteiger partial charge is 0.482 e. The van der Waals surface area contributed by atoms with Crippen LogP contribution in [0.3, 0.4) is 0 Å². The number of carbonyl (C=O) groups is 2. The van der Waals surface area contributed by atoms with Gasteiger partial charge in [-0.2, -0.15) is 0 Å². The van der Waals surface area contributed by atoms with Gasteiger partial charge in [-0.1, -0.05) is 85.9 Å². The molecule has 0 aliphatic rings. The molecule has 0 aliphatic carbocycles. The first-order chi connectivity index (χ1) is 17.0. The quantitative estimate of drug-likeness (QED) is 0.281. The number of nitrogens with zero attached hydrogens (tertiary/aromatic N) is 1.